The Morgan fingerprint density at radius 2 is 2.14 bits per heavy atom. The molecular formula is C23H23FN2O3. The van der Waals surface area contributed by atoms with Crippen molar-refractivity contribution in [2.24, 2.45) is 0 Å². The van der Waals surface area contributed by atoms with Gasteiger partial charge in [0, 0.05) is 45.7 Å². The molecule has 5 rings (SSSR count). The number of aromatic nitrogens is 1. The highest BCUT2D eigenvalue weighted by Gasteiger charge is 2.28. The molecule has 0 amide bonds. The molecule has 1 atom stereocenters. The summed E-state index contributed by atoms with van der Waals surface area (Å²) in [5.41, 5.74) is 4.63. The molecule has 150 valence electrons. The number of aromatic amines is 1. The molecule has 6 heteroatoms. The topological polar surface area (TPSA) is 65.6 Å². The van der Waals surface area contributed by atoms with Crippen LogP contribution in [-0.4, -0.2) is 47.1 Å². The van der Waals surface area contributed by atoms with Crippen LogP contribution in [-0.2, 0) is 11.3 Å². The number of aliphatic hydroxyl groups is 1. The van der Waals surface area contributed by atoms with Gasteiger partial charge in [0.15, 0.2) is 5.78 Å². The summed E-state index contributed by atoms with van der Waals surface area (Å²) in [6, 6.07) is 11.0. The number of carbonyl (C=O) groups excluding carboxylic acids is 1. The van der Waals surface area contributed by atoms with Gasteiger partial charge in [-0.1, -0.05) is 24.3 Å². The van der Waals surface area contributed by atoms with Crippen molar-refractivity contribution in [3.05, 3.63) is 58.9 Å². The minimum absolute atomic E-state index is 0.00743. The Labute approximate surface area is 168 Å². The molecule has 0 unspecified atom stereocenters. The average Bonchev–Trinajstić information content (AvgIpc) is 3.28. The van der Waals surface area contributed by atoms with Crippen molar-refractivity contribution in [3.63, 3.8) is 0 Å². The van der Waals surface area contributed by atoms with Gasteiger partial charge in [0.1, 0.15) is 12.4 Å². The molecule has 1 fully saturated rings. The first-order valence-electron chi connectivity index (χ1n) is 10.1. The normalized spacial score (nSPS) is 19.8. The number of nitrogens with one attached hydrogen (secondary N) is 1. The largest absolute Gasteiger partial charge is 0.395 e. The predicted octanol–water partition coefficient (Wildman–Crippen LogP) is 3.82. The first-order chi connectivity index (χ1) is 14.2. The quantitative estimate of drug-likeness (QED) is 0.706. The zero-order chi connectivity index (χ0) is 20.0. The standard InChI is InChI=1S/C23H23FN2O3/c24-18-11-14(6-7-15(18)20-5-2-8-26(20)9-10-27)23-17-12-29-13-21(28)16-3-1-4-19(25-23)22(16)17/h1,3-4,6-7,11,20,25,27H,2,5,8-10,12-13H2/t20-/m0/s1. The zero-order valence-corrected chi connectivity index (χ0v) is 16.1. The lowest BCUT2D eigenvalue weighted by atomic mass is 9.98. The maximum Gasteiger partial charge on any atom is 0.189 e. The number of H-pyrrole nitrogens is 1. The Morgan fingerprint density at radius 3 is 2.97 bits per heavy atom. The van der Waals surface area contributed by atoms with Gasteiger partial charge in [-0.3, -0.25) is 9.69 Å². The van der Waals surface area contributed by atoms with Gasteiger partial charge in [-0.05, 0) is 31.5 Å². The van der Waals surface area contributed by atoms with Crippen molar-refractivity contribution in [2.75, 3.05) is 26.3 Å². The molecule has 0 bridgehead atoms. The monoisotopic (exact) mass is 394 g/mol. The lowest BCUT2D eigenvalue weighted by molar-refractivity contribution is 0.0742. The maximum absolute atomic E-state index is 15.1. The van der Waals surface area contributed by atoms with Crippen molar-refractivity contribution in [3.8, 4) is 11.3 Å². The number of rotatable bonds is 4. The molecule has 29 heavy (non-hydrogen) atoms. The van der Waals surface area contributed by atoms with E-state index in [9.17, 15) is 9.90 Å². The number of β-amino-alcohol motifs (C(OH)–C–C–N with tert-alkyl or cyclic N) is 1. The van der Waals surface area contributed by atoms with Crippen LogP contribution in [0.1, 0.15) is 40.4 Å². The number of ketones is 1. The van der Waals surface area contributed by atoms with E-state index in [1.807, 2.05) is 30.3 Å². The molecule has 0 radical (unpaired) electrons. The van der Waals surface area contributed by atoms with Crippen LogP contribution in [0.3, 0.4) is 0 Å². The van der Waals surface area contributed by atoms with E-state index in [4.69, 9.17) is 4.74 Å². The second-order valence-corrected chi connectivity index (χ2v) is 7.78. The molecule has 0 saturated carbocycles. The van der Waals surface area contributed by atoms with Gasteiger partial charge in [-0.25, -0.2) is 4.39 Å². The molecule has 1 saturated heterocycles. The molecule has 1 aromatic heterocycles. The van der Waals surface area contributed by atoms with E-state index in [0.717, 1.165) is 47.1 Å². The van der Waals surface area contributed by atoms with Crippen molar-refractivity contribution in [1.29, 1.82) is 0 Å². The first kappa shape index (κ1) is 18.5. The summed E-state index contributed by atoms with van der Waals surface area (Å²) in [4.78, 5) is 17.8. The van der Waals surface area contributed by atoms with E-state index >= 15 is 4.39 Å². The number of carbonyl (C=O) groups is 1. The number of hydrogen-bond donors (Lipinski definition) is 2. The fourth-order valence-electron chi connectivity index (χ4n) is 4.79. The highest BCUT2D eigenvalue weighted by molar-refractivity contribution is 6.11. The summed E-state index contributed by atoms with van der Waals surface area (Å²) in [7, 11) is 0. The molecule has 2 aliphatic heterocycles. The summed E-state index contributed by atoms with van der Waals surface area (Å²) in [6.45, 7) is 1.89. The number of hydrogen-bond acceptors (Lipinski definition) is 4. The molecule has 3 heterocycles. The summed E-state index contributed by atoms with van der Waals surface area (Å²) in [5.74, 6) is -0.277. The molecule has 3 aromatic rings. The van der Waals surface area contributed by atoms with E-state index in [0.29, 0.717) is 24.3 Å². The highest BCUT2D eigenvalue weighted by atomic mass is 19.1. The third kappa shape index (κ3) is 3.08. The van der Waals surface area contributed by atoms with Crippen molar-refractivity contribution in [2.45, 2.75) is 25.5 Å². The van der Waals surface area contributed by atoms with Crippen LogP contribution in [0.4, 0.5) is 4.39 Å². The van der Waals surface area contributed by atoms with Crippen LogP contribution in [0.25, 0.3) is 22.2 Å². The lowest BCUT2D eigenvalue weighted by Gasteiger charge is -2.24. The van der Waals surface area contributed by atoms with E-state index < -0.39 is 0 Å². The molecule has 0 spiro atoms. The number of aliphatic hydroxyl groups excluding tert-OH is 1. The minimum Gasteiger partial charge on any atom is -0.395 e. The van der Waals surface area contributed by atoms with Crippen LogP contribution < -0.4 is 0 Å². The Balaban J connectivity index is 1.58. The van der Waals surface area contributed by atoms with Gasteiger partial charge >= 0.3 is 0 Å². The molecular weight excluding hydrogens is 371 g/mol. The number of benzene rings is 2. The first-order valence-corrected chi connectivity index (χ1v) is 10.1. The van der Waals surface area contributed by atoms with E-state index in [1.165, 1.54) is 0 Å². The maximum atomic E-state index is 15.1. The summed E-state index contributed by atoms with van der Waals surface area (Å²) in [6.07, 6.45) is 1.90. The van der Waals surface area contributed by atoms with Crippen molar-refractivity contribution in [1.82, 2.24) is 9.88 Å². The summed E-state index contributed by atoms with van der Waals surface area (Å²) in [5, 5.41) is 10.1. The van der Waals surface area contributed by atoms with Gasteiger partial charge in [0.25, 0.3) is 0 Å². The van der Waals surface area contributed by atoms with Crippen molar-refractivity contribution < 1.29 is 19.0 Å². The van der Waals surface area contributed by atoms with Gasteiger partial charge in [0.05, 0.1) is 18.9 Å². The Morgan fingerprint density at radius 1 is 1.24 bits per heavy atom. The fraction of sp³-hybridized carbons (Fsp3) is 0.348. The molecule has 2 N–H and O–H groups in total. The van der Waals surface area contributed by atoms with Gasteiger partial charge < -0.3 is 14.8 Å². The van der Waals surface area contributed by atoms with Gasteiger partial charge in [0.2, 0.25) is 0 Å². The van der Waals surface area contributed by atoms with Crippen LogP contribution in [0.15, 0.2) is 36.4 Å². The van der Waals surface area contributed by atoms with Crippen LogP contribution in [0, 0.1) is 5.82 Å². The number of halogens is 1. The number of nitrogens with zero attached hydrogens (tertiary/aromatic N) is 1. The average molecular weight is 394 g/mol. The van der Waals surface area contributed by atoms with Gasteiger partial charge in [-0.2, -0.15) is 0 Å². The van der Waals surface area contributed by atoms with E-state index in [-0.39, 0.29) is 30.9 Å². The number of ether oxygens (including phenoxy) is 1. The second kappa shape index (κ2) is 7.37. The molecule has 5 nitrogen and oxygen atoms in total. The lowest BCUT2D eigenvalue weighted by Crippen LogP contribution is -2.27. The van der Waals surface area contributed by atoms with Gasteiger partial charge in [-0.15, -0.1) is 0 Å². The Bertz CT molecular complexity index is 1090. The zero-order valence-electron chi connectivity index (χ0n) is 16.1. The third-order valence-electron chi connectivity index (χ3n) is 6.11. The van der Waals surface area contributed by atoms with Crippen molar-refractivity contribution >= 4 is 16.7 Å². The van der Waals surface area contributed by atoms with Crippen LogP contribution in [0.2, 0.25) is 0 Å². The number of likely N-dealkylation sites (tertiary alicyclic amines) is 1. The smallest absolute Gasteiger partial charge is 0.189 e. The van der Waals surface area contributed by atoms with E-state index in [2.05, 4.69) is 9.88 Å². The van der Waals surface area contributed by atoms with Crippen LogP contribution in [0.5, 0.6) is 0 Å². The van der Waals surface area contributed by atoms with Crippen LogP contribution >= 0.6 is 0 Å². The van der Waals surface area contributed by atoms with E-state index in [1.54, 1.807) is 6.07 Å². The Kier molecular flexibility index (Phi) is 4.70. The SMILES string of the molecule is O=C1COCc2c(-c3ccc([C@@H]4CCCN4CCO)c(F)c3)[nH]c3cccc1c23. The molecule has 2 aliphatic rings. The molecule has 0 aliphatic carbocycles. The fourth-order valence-corrected chi connectivity index (χ4v) is 4.79. The Hall–Kier alpha value is -2.54. The minimum atomic E-state index is -0.242. The summed E-state index contributed by atoms with van der Waals surface area (Å²) < 4.78 is 20.7. The molecule has 2 aromatic carbocycles. The highest BCUT2D eigenvalue weighted by Crippen LogP contribution is 2.38. The summed E-state index contributed by atoms with van der Waals surface area (Å²) >= 11 is 0. The number of Topliss-reactive ketones (excluding diaryl/α,β-unsaturated/α-hetero) is 1. The third-order valence-corrected chi connectivity index (χ3v) is 6.11. The predicted molar refractivity (Wildman–Crippen MR) is 108 cm³/mol. The second-order valence-electron chi connectivity index (χ2n) is 7.78.